The second-order valence-electron chi connectivity index (χ2n) is 10.1. The lowest BCUT2D eigenvalue weighted by molar-refractivity contribution is -0.143. The zero-order chi connectivity index (χ0) is 26.3. The Kier molecular flexibility index (Phi) is 8.86. The van der Waals surface area contributed by atoms with Crippen molar-refractivity contribution in [2.75, 3.05) is 6.61 Å². The van der Waals surface area contributed by atoms with Crippen LogP contribution in [0.1, 0.15) is 43.0 Å². The average molecular weight is 491 g/mol. The highest BCUT2D eigenvalue weighted by atomic mass is 19.1. The molecular weight excluding hydrogens is 455 g/mol. The highest BCUT2D eigenvalue weighted by Crippen LogP contribution is 2.21. The Bertz CT molecular complexity index is 1190. The second kappa shape index (κ2) is 11.8. The van der Waals surface area contributed by atoms with Crippen molar-refractivity contribution in [1.82, 2.24) is 10.2 Å². The van der Waals surface area contributed by atoms with E-state index in [4.69, 9.17) is 4.74 Å². The van der Waals surface area contributed by atoms with Crippen LogP contribution in [0, 0.1) is 19.7 Å². The van der Waals surface area contributed by atoms with Crippen molar-refractivity contribution in [3.8, 4) is 5.75 Å². The number of aryl methyl sites for hydroxylation is 2. The van der Waals surface area contributed by atoms with Crippen molar-refractivity contribution >= 4 is 11.8 Å². The Morgan fingerprint density at radius 3 is 2.31 bits per heavy atom. The van der Waals surface area contributed by atoms with E-state index >= 15 is 0 Å². The largest absolute Gasteiger partial charge is 0.483 e. The van der Waals surface area contributed by atoms with Gasteiger partial charge in [0, 0.05) is 24.1 Å². The third kappa shape index (κ3) is 7.67. The van der Waals surface area contributed by atoms with E-state index in [0.29, 0.717) is 11.3 Å². The lowest BCUT2D eigenvalue weighted by atomic mass is 10.0. The molecule has 3 rings (SSSR count). The highest BCUT2D eigenvalue weighted by molar-refractivity contribution is 5.89. The van der Waals surface area contributed by atoms with Crippen LogP contribution in [0.25, 0.3) is 0 Å². The van der Waals surface area contributed by atoms with E-state index in [9.17, 15) is 14.0 Å². The standard InChI is InChI=1S/C30H35FN2O3/c1-21-15-16-22(2)27(17-21)36-20-28(34)33(19-24-13-9-10-14-25(24)31)26(29(35)32-30(3,4)5)18-23-11-7-6-8-12-23/h6-17,26H,18-20H2,1-5H3,(H,32,35). The smallest absolute Gasteiger partial charge is 0.261 e. The van der Waals surface area contributed by atoms with E-state index in [0.717, 1.165) is 16.7 Å². The van der Waals surface area contributed by atoms with Gasteiger partial charge < -0.3 is 15.0 Å². The van der Waals surface area contributed by atoms with Gasteiger partial charge in [0.15, 0.2) is 6.61 Å². The number of nitrogens with zero attached hydrogens (tertiary/aromatic N) is 1. The van der Waals surface area contributed by atoms with Crippen LogP contribution in [-0.2, 0) is 22.6 Å². The lowest BCUT2D eigenvalue weighted by Gasteiger charge is -2.34. The van der Waals surface area contributed by atoms with Gasteiger partial charge in [-0.2, -0.15) is 0 Å². The minimum Gasteiger partial charge on any atom is -0.483 e. The maximum absolute atomic E-state index is 14.7. The molecule has 0 heterocycles. The molecule has 36 heavy (non-hydrogen) atoms. The highest BCUT2D eigenvalue weighted by Gasteiger charge is 2.33. The maximum Gasteiger partial charge on any atom is 0.261 e. The normalized spacial score (nSPS) is 12.1. The quantitative estimate of drug-likeness (QED) is 0.438. The first-order valence-electron chi connectivity index (χ1n) is 12.1. The Labute approximate surface area is 213 Å². The molecule has 0 aliphatic rings. The number of halogens is 1. The number of hydrogen-bond acceptors (Lipinski definition) is 3. The van der Waals surface area contributed by atoms with Gasteiger partial charge in [0.05, 0.1) is 0 Å². The molecule has 0 radical (unpaired) electrons. The first-order valence-corrected chi connectivity index (χ1v) is 12.1. The van der Waals surface area contributed by atoms with Crippen molar-refractivity contribution in [2.45, 2.75) is 59.2 Å². The number of rotatable bonds is 9. The van der Waals surface area contributed by atoms with Crippen LogP contribution < -0.4 is 10.1 Å². The Morgan fingerprint density at radius 1 is 0.972 bits per heavy atom. The van der Waals surface area contributed by atoms with Crippen molar-refractivity contribution in [3.05, 3.63) is 101 Å². The molecule has 5 nitrogen and oxygen atoms in total. The molecule has 0 fully saturated rings. The first kappa shape index (κ1) is 26.9. The van der Waals surface area contributed by atoms with Gasteiger partial charge in [-0.1, -0.05) is 60.7 Å². The molecule has 0 saturated carbocycles. The summed E-state index contributed by atoms with van der Waals surface area (Å²) in [7, 11) is 0. The van der Waals surface area contributed by atoms with Crippen LogP contribution >= 0.6 is 0 Å². The van der Waals surface area contributed by atoms with Crippen molar-refractivity contribution in [3.63, 3.8) is 0 Å². The Hall–Kier alpha value is -3.67. The van der Waals surface area contributed by atoms with Crippen molar-refractivity contribution in [1.29, 1.82) is 0 Å². The van der Waals surface area contributed by atoms with Crippen LogP contribution in [0.2, 0.25) is 0 Å². The molecule has 0 bridgehead atoms. The summed E-state index contributed by atoms with van der Waals surface area (Å²) in [4.78, 5) is 28.6. The monoisotopic (exact) mass is 490 g/mol. The fraction of sp³-hybridized carbons (Fsp3) is 0.333. The predicted molar refractivity (Wildman–Crippen MR) is 140 cm³/mol. The molecule has 0 aliphatic heterocycles. The fourth-order valence-corrected chi connectivity index (χ4v) is 3.90. The second-order valence-corrected chi connectivity index (χ2v) is 10.1. The summed E-state index contributed by atoms with van der Waals surface area (Å²) in [6.07, 6.45) is 0.284. The number of nitrogens with one attached hydrogen (secondary N) is 1. The first-order chi connectivity index (χ1) is 17.0. The number of amides is 2. The van der Waals surface area contributed by atoms with Crippen LogP contribution in [0.3, 0.4) is 0 Å². The van der Waals surface area contributed by atoms with E-state index < -0.39 is 23.3 Å². The number of carbonyl (C=O) groups is 2. The van der Waals surface area contributed by atoms with Gasteiger partial charge in [-0.05, 0) is 63.4 Å². The minimum atomic E-state index is -0.860. The van der Waals surface area contributed by atoms with Gasteiger partial charge in [0.2, 0.25) is 5.91 Å². The van der Waals surface area contributed by atoms with E-state index in [1.54, 1.807) is 18.2 Å². The van der Waals surface area contributed by atoms with Gasteiger partial charge in [0.25, 0.3) is 5.91 Å². The zero-order valence-electron chi connectivity index (χ0n) is 21.7. The molecule has 3 aromatic rings. The van der Waals surface area contributed by atoms with E-state index in [-0.39, 0.29) is 25.5 Å². The molecule has 190 valence electrons. The molecule has 0 spiro atoms. The van der Waals surface area contributed by atoms with Gasteiger partial charge in [-0.25, -0.2) is 4.39 Å². The van der Waals surface area contributed by atoms with Crippen LogP contribution in [-0.4, -0.2) is 34.9 Å². The molecule has 0 saturated heterocycles. The molecule has 0 aromatic heterocycles. The van der Waals surface area contributed by atoms with E-state index in [1.165, 1.54) is 11.0 Å². The minimum absolute atomic E-state index is 0.0588. The summed E-state index contributed by atoms with van der Waals surface area (Å²) in [5, 5.41) is 3.00. The Balaban J connectivity index is 1.96. The number of benzene rings is 3. The zero-order valence-corrected chi connectivity index (χ0v) is 21.7. The number of carbonyl (C=O) groups excluding carboxylic acids is 2. The summed E-state index contributed by atoms with van der Waals surface area (Å²) < 4.78 is 20.5. The van der Waals surface area contributed by atoms with Crippen LogP contribution in [0.5, 0.6) is 5.75 Å². The van der Waals surface area contributed by atoms with Gasteiger partial charge in [-0.3, -0.25) is 9.59 Å². The van der Waals surface area contributed by atoms with Gasteiger partial charge in [-0.15, -0.1) is 0 Å². The molecule has 1 atom stereocenters. The maximum atomic E-state index is 14.7. The summed E-state index contributed by atoms with van der Waals surface area (Å²) >= 11 is 0. The van der Waals surface area contributed by atoms with Crippen molar-refractivity contribution in [2.24, 2.45) is 0 Å². The summed E-state index contributed by atoms with van der Waals surface area (Å²) in [5.41, 5.74) is 2.64. The Morgan fingerprint density at radius 2 is 1.64 bits per heavy atom. The van der Waals surface area contributed by atoms with Crippen LogP contribution in [0.15, 0.2) is 72.8 Å². The summed E-state index contributed by atoms with van der Waals surface area (Å²) in [6.45, 7) is 9.19. The number of ether oxygens (including phenoxy) is 1. The molecular formula is C30H35FN2O3. The molecule has 2 amide bonds. The third-order valence-electron chi connectivity index (χ3n) is 5.76. The van der Waals surface area contributed by atoms with E-state index in [1.807, 2.05) is 83.1 Å². The lowest BCUT2D eigenvalue weighted by Crippen LogP contribution is -2.55. The van der Waals surface area contributed by atoms with Crippen LogP contribution in [0.4, 0.5) is 4.39 Å². The van der Waals surface area contributed by atoms with E-state index in [2.05, 4.69) is 5.32 Å². The summed E-state index contributed by atoms with van der Waals surface area (Å²) in [6, 6.07) is 20.7. The molecule has 1 unspecified atom stereocenters. The van der Waals surface area contributed by atoms with Gasteiger partial charge >= 0.3 is 0 Å². The van der Waals surface area contributed by atoms with Gasteiger partial charge in [0.1, 0.15) is 17.6 Å². The molecule has 3 aromatic carbocycles. The third-order valence-corrected chi connectivity index (χ3v) is 5.76. The average Bonchev–Trinajstić information content (AvgIpc) is 2.82. The molecule has 0 aliphatic carbocycles. The SMILES string of the molecule is Cc1ccc(C)c(OCC(=O)N(Cc2ccccc2F)C(Cc2ccccc2)C(=O)NC(C)(C)C)c1. The predicted octanol–water partition coefficient (Wildman–Crippen LogP) is 5.38. The molecule has 1 N–H and O–H groups in total. The molecule has 6 heteroatoms. The fourth-order valence-electron chi connectivity index (χ4n) is 3.90. The summed E-state index contributed by atoms with van der Waals surface area (Å²) in [5.74, 6) is -0.527. The number of hydrogen-bond donors (Lipinski definition) is 1. The van der Waals surface area contributed by atoms with Crippen molar-refractivity contribution < 1.29 is 18.7 Å². The topological polar surface area (TPSA) is 58.6 Å².